The summed E-state index contributed by atoms with van der Waals surface area (Å²) in [6.45, 7) is 1.43. The summed E-state index contributed by atoms with van der Waals surface area (Å²) in [5.41, 5.74) is 0.397. The zero-order valence-corrected chi connectivity index (χ0v) is 10.2. The Morgan fingerprint density at radius 3 is 2.68 bits per heavy atom. The van der Waals surface area contributed by atoms with Crippen molar-refractivity contribution in [2.24, 2.45) is 0 Å². The molecule has 0 saturated heterocycles. The molecule has 1 aromatic heterocycles. The van der Waals surface area contributed by atoms with Gasteiger partial charge in [0.15, 0.2) is 5.78 Å². The lowest BCUT2D eigenvalue weighted by Gasteiger charge is -1.98. The number of ketones is 1. The molecule has 0 saturated carbocycles. The number of nitro benzene ring substituents is 1. The van der Waals surface area contributed by atoms with Gasteiger partial charge in [0.05, 0.1) is 10.5 Å². The fraction of sp³-hybridized carbons (Fsp3) is 0.0714. The van der Waals surface area contributed by atoms with E-state index in [1.54, 1.807) is 30.3 Å². The molecule has 1 aromatic carbocycles. The first-order valence-corrected chi connectivity index (χ1v) is 5.60. The average Bonchev–Trinajstić information content (AvgIpc) is 2.85. The van der Waals surface area contributed by atoms with E-state index in [1.807, 2.05) is 0 Å². The monoisotopic (exact) mass is 257 g/mol. The van der Waals surface area contributed by atoms with E-state index in [1.165, 1.54) is 25.1 Å². The third-order valence-corrected chi connectivity index (χ3v) is 2.48. The van der Waals surface area contributed by atoms with Crippen LogP contribution in [-0.4, -0.2) is 10.7 Å². The van der Waals surface area contributed by atoms with Crippen LogP contribution in [-0.2, 0) is 4.79 Å². The summed E-state index contributed by atoms with van der Waals surface area (Å²) in [5.74, 6) is 0.780. The first-order chi connectivity index (χ1) is 9.08. The van der Waals surface area contributed by atoms with Crippen molar-refractivity contribution in [1.29, 1.82) is 0 Å². The predicted molar refractivity (Wildman–Crippen MR) is 70.5 cm³/mol. The third kappa shape index (κ3) is 2.95. The number of nitro groups is 1. The Bertz CT molecular complexity index is 655. The van der Waals surface area contributed by atoms with Crippen LogP contribution in [0.25, 0.3) is 17.4 Å². The highest BCUT2D eigenvalue weighted by molar-refractivity contribution is 5.91. The highest BCUT2D eigenvalue weighted by atomic mass is 16.6. The van der Waals surface area contributed by atoms with Gasteiger partial charge >= 0.3 is 0 Å². The predicted octanol–water partition coefficient (Wildman–Crippen LogP) is 3.46. The van der Waals surface area contributed by atoms with Crippen LogP contribution in [0.1, 0.15) is 12.7 Å². The minimum absolute atomic E-state index is 0.0149. The Hall–Kier alpha value is -2.69. The van der Waals surface area contributed by atoms with Crippen LogP contribution < -0.4 is 0 Å². The maximum Gasteiger partial charge on any atom is 0.280 e. The Morgan fingerprint density at radius 2 is 2.00 bits per heavy atom. The van der Waals surface area contributed by atoms with E-state index >= 15 is 0 Å². The number of furan rings is 1. The standard InChI is InChI=1S/C14H11NO4/c1-10(16)6-7-11-8-9-14(19-11)12-4-2-3-5-13(12)15(17)18/h2-9H,1H3/b7-6+. The fourth-order valence-corrected chi connectivity index (χ4v) is 1.63. The molecule has 19 heavy (non-hydrogen) atoms. The van der Waals surface area contributed by atoms with Crippen LogP contribution in [0, 0.1) is 10.1 Å². The molecule has 0 fully saturated rings. The van der Waals surface area contributed by atoms with Crippen LogP contribution in [0.4, 0.5) is 5.69 Å². The number of carbonyl (C=O) groups is 1. The smallest absolute Gasteiger partial charge is 0.280 e. The van der Waals surface area contributed by atoms with Crippen molar-refractivity contribution >= 4 is 17.5 Å². The molecule has 0 aliphatic carbocycles. The van der Waals surface area contributed by atoms with Crippen LogP contribution in [0.3, 0.4) is 0 Å². The van der Waals surface area contributed by atoms with Crippen molar-refractivity contribution in [1.82, 2.24) is 0 Å². The van der Waals surface area contributed by atoms with E-state index in [0.29, 0.717) is 17.1 Å². The van der Waals surface area contributed by atoms with E-state index < -0.39 is 4.92 Å². The number of hydrogen-bond donors (Lipinski definition) is 0. The quantitative estimate of drug-likeness (QED) is 0.477. The second-order valence-electron chi connectivity index (χ2n) is 3.92. The fourth-order valence-electron chi connectivity index (χ4n) is 1.63. The molecule has 0 aliphatic rings. The van der Waals surface area contributed by atoms with Crippen molar-refractivity contribution in [2.75, 3.05) is 0 Å². The van der Waals surface area contributed by atoms with Gasteiger partial charge in [-0.15, -0.1) is 0 Å². The van der Waals surface area contributed by atoms with Crippen LogP contribution in [0.5, 0.6) is 0 Å². The normalized spacial score (nSPS) is 10.8. The molecule has 0 aliphatic heterocycles. The van der Waals surface area contributed by atoms with Gasteiger partial charge in [0.2, 0.25) is 0 Å². The Balaban J connectivity index is 2.38. The van der Waals surface area contributed by atoms with Crippen molar-refractivity contribution in [2.45, 2.75) is 6.92 Å². The molecule has 96 valence electrons. The van der Waals surface area contributed by atoms with Crippen LogP contribution in [0.2, 0.25) is 0 Å². The number of allylic oxidation sites excluding steroid dienone is 1. The molecular weight excluding hydrogens is 246 g/mol. The summed E-state index contributed by atoms with van der Waals surface area (Å²) in [4.78, 5) is 21.3. The SMILES string of the molecule is CC(=O)/C=C/c1ccc(-c2ccccc2[N+](=O)[O-])o1. The molecule has 0 amide bonds. The molecule has 0 radical (unpaired) electrons. The second-order valence-corrected chi connectivity index (χ2v) is 3.92. The molecule has 2 rings (SSSR count). The molecule has 0 N–H and O–H groups in total. The number of carbonyl (C=O) groups excluding carboxylic acids is 1. The van der Waals surface area contributed by atoms with Gasteiger partial charge in [-0.1, -0.05) is 12.1 Å². The van der Waals surface area contributed by atoms with Crippen molar-refractivity contribution in [3.63, 3.8) is 0 Å². The molecular formula is C14H11NO4. The molecule has 0 unspecified atom stereocenters. The summed E-state index contributed by atoms with van der Waals surface area (Å²) in [5, 5.41) is 10.9. The Morgan fingerprint density at radius 1 is 1.26 bits per heavy atom. The number of benzene rings is 1. The lowest BCUT2D eigenvalue weighted by molar-refractivity contribution is -0.384. The molecule has 5 heteroatoms. The largest absolute Gasteiger partial charge is 0.456 e. The summed E-state index contributed by atoms with van der Waals surface area (Å²) >= 11 is 0. The van der Waals surface area contributed by atoms with Gasteiger partial charge in [0.25, 0.3) is 5.69 Å². The summed E-state index contributed by atoms with van der Waals surface area (Å²) in [6, 6.07) is 9.64. The topological polar surface area (TPSA) is 73.3 Å². The Kier molecular flexibility index (Phi) is 3.56. The highest BCUT2D eigenvalue weighted by Gasteiger charge is 2.16. The number of hydrogen-bond acceptors (Lipinski definition) is 4. The van der Waals surface area contributed by atoms with Crippen molar-refractivity contribution < 1.29 is 14.1 Å². The van der Waals surface area contributed by atoms with E-state index in [0.717, 1.165) is 0 Å². The van der Waals surface area contributed by atoms with Crippen LogP contribution >= 0.6 is 0 Å². The lowest BCUT2D eigenvalue weighted by atomic mass is 10.1. The highest BCUT2D eigenvalue weighted by Crippen LogP contribution is 2.30. The van der Waals surface area contributed by atoms with Crippen molar-refractivity contribution in [3.8, 4) is 11.3 Å². The maximum atomic E-state index is 10.9. The maximum absolute atomic E-state index is 10.9. The van der Waals surface area contributed by atoms with Gasteiger partial charge in [-0.05, 0) is 37.3 Å². The van der Waals surface area contributed by atoms with Gasteiger partial charge in [-0.3, -0.25) is 14.9 Å². The molecule has 5 nitrogen and oxygen atoms in total. The summed E-state index contributed by atoms with van der Waals surface area (Å²) in [7, 11) is 0. The minimum atomic E-state index is -0.455. The summed E-state index contributed by atoms with van der Waals surface area (Å²) in [6.07, 6.45) is 2.91. The molecule has 0 atom stereocenters. The summed E-state index contributed by atoms with van der Waals surface area (Å²) < 4.78 is 5.47. The molecule has 0 bridgehead atoms. The van der Waals surface area contributed by atoms with E-state index in [-0.39, 0.29) is 11.5 Å². The number of rotatable bonds is 4. The van der Waals surface area contributed by atoms with Gasteiger partial charge in [0.1, 0.15) is 11.5 Å². The molecule has 2 aromatic rings. The van der Waals surface area contributed by atoms with Gasteiger partial charge in [0, 0.05) is 6.07 Å². The third-order valence-electron chi connectivity index (χ3n) is 2.48. The van der Waals surface area contributed by atoms with Gasteiger partial charge < -0.3 is 4.42 Å². The zero-order valence-electron chi connectivity index (χ0n) is 10.2. The van der Waals surface area contributed by atoms with E-state index in [2.05, 4.69) is 0 Å². The zero-order chi connectivity index (χ0) is 13.8. The van der Waals surface area contributed by atoms with E-state index in [9.17, 15) is 14.9 Å². The first kappa shape index (κ1) is 12.8. The first-order valence-electron chi connectivity index (χ1n) is 5.60. The van der Waals surface area contributed by atoms with Gasteiger partial charge in [-0.2, -0.15) is 0 Å². The van der Waals surface area contributed by atoms with Crippen molar-refractivity contribution in [3.05, 3.63) is 58.3 Å². The minimum Gasteiger partial charge on any atom is -0.456 e. The average molecular weight is 257 g/mol. The Labute approximate surface area is 109 Å². The van der Waals surface area contributed by atoms with E-state index in [4.69, 9.17) is 4.42 Å². The second kappa shape index (κ2) is 5.30. The molecule has 1 heterocycles. The number of nitrogens with zero attached hydrogens (tertiary/aromatic N) is 1. The lowest BCUT2D eigenvalue weighted by Crippen LogP contribution is -1.90. The van der Waals surface area contributed by atoms with Gasteiger partial charge in [-0.25, -0.2) is 0 Å². The number of para-hydroxylation sites is 1. The van der Waals surface area contributed by atoms with Crippen LogP contribution in [0.15, 0.2) is 46.9 Å². The molecule has 0 spiro atoms.